The molecule has 1 aliphatic heterocycles. The number of aromatic amines is 1. The van der Waals surface area contributed by atoms with Gasteiger partial charge in [-0.25, -0.2) is 4.79 Å². The van der Waals surface area contributed by atoms with Crippen LogP contribution in [-0.4, -0.2) is 84.0 Å². The van der Waals surface area contributed by atoms with Gasteiger partial charge in [0.2, 0.25) is 17.7 Å². The Kier molecular flexibility index (Phi) is 11.1. The molecule has 4 amide bonds. The Bertz CT molecular complexity index is 1220. The van der Waals surface area contributed by atoms with Crippen molar-refractivity contribution in [3.63, 3.8) is 0 Å². The van der Waals surface area contributed by atoms with Crippen LogP contribution in [0.2, 0.25) is 0 Å². The van der Waals surface area contributed by atoms with E-state index in [4.69, 9.17) is 4.74 Å². The SMILES string of the molecule is CC[C@H](C)[C@@H]1NC(=O)CCCN(C(=O)COC)CCCNC(=O)c2ccc3[nH]c(=O)n(c3c2)CCCNC1=O. The summed E-state index contributed by atoms with van der Waals surface area (Å²) in [5.74, 6) is -1.08. The summed E-state index contributed by atoms with van der Waals surface area (Å²) >= 11 is 0. The molecule has 0 fully saturated rings. The summed E-state index contributed by atoms with van der Waals surface area (Å²) in [4.78, 5) is 68.0. The van der Waals surface area contributed by atoms with Crippen LogP contribution in [0.5, 0.6) is 0 Å². The first-order valence-corrected chi connectivity index (χ1v) is 13.6. The zero-order chi connectivity index (χ0) is 28.4. The molecule has 0 radical (unpaired) electrons. The Balaban J connectivity index is 1.81. The molecule has 2 bridgehead atoms. The molecule has 12 heteroatoms. The fourth-order valence-electron chi connectivity index (χ4n) is 4.60. The van der Waals surface area contributed by atoms with Gasteiger partial charge in [0.15, 0.2) is 0 Å². The number of nitrogens with one attached hydrogen (secondary N) is 4. The van der Waals surface area contributed by atoms with Crippen molar-refractivity contribution in [3.05, 3.63) is 34.2 Å². The third kappa shape index (κ3) is 8.16. The average molecular weight is 545 g/mol. The Labute approximate surface area is 227 Å². The number of methoxy groups -OCH3 is 1. The number of nitrogens with zero attached hydrogens (tertiary/aromatic N) is 2. The van der Waals surface area contributed by atoms with Crippen LogP contribution in [0.25, 0.3) is 11.0 Å². The van der Waals surface area contributed by atoms with Crippen LogP contribution in [0.1, 0.15) is 56.3 Å². The van der Waals surface area contributed by atoms with Crippen LogP contribution < -0.4 is 21.6 Å². The van der Waals surface area contributed by atoms with Gasteiger partial charge in [-0.3, -0.25) is 23.7 Å². The van der Waals surface area contributed by atoms with E-state index in [1.165, 1.54) is 7.11 Å². The molecule has 0 spiro atoms. The van der Waals surface area contributed by atoms with E-state index in [-0.39, 0.29) is 48.3 Å². The third-order valence-electron chi connectivity index (χ3n) is 7.05. The van der Waals surface area contributed by atoms with E-state index in [9.17, 15) is 24.0 Å². The minimum atomic E-state index is -0.682. The Morgan fingerprint density at radius 3 is 2.51 bits per heavy atom. The molecule has 12 nitrogen and oxygen atoms in total. The maximum atomic E-state index is 13.0. The zero-order valence-corrected chi connectivity index (χ0v) is 23.0. The second kappa shape index (κ2) is 14.5. The first-order valence-electron chi connectivity index (χ1n) is 13.6. The van der Waals surface area contributed by atoms with Crippen molar-refractivity contribution >= 4 is 34.7 Å². The molecule has 4 N–H and O–H groups in total. The van der Waals surface area contributed by atoms with Crippen molar-refractivity contribution < 1.29 is 23.9 Å². The highest BCUT2D eigenvalue weighted by Crippen LogP contribution is 2.14. The summed E-state index contributed by atoms with van der Waals surface area (Å²) in [5, 5.41) is 8.61. The smallest absolute Gasteiger partial charge is 0.326 e. The quantitative estimate of drug-likeness (QED) is 0.446. The number of imidazole rings is 1. The molecule has 2 aromatic rings. The van der Waals surface area contributed by atoms with Crippen LogP contribution in [0.3, 0.4) is 0 Å². The van der Waals surface area contributed by atoms with Gasteiger partial charge in [-0.05, 0) is 43.4 Å². The highest BCUT2D eigenvalue weighted by molar-refractivity contribution is 5.97. The van der Waals surface area contributed by atoms with Gasteiger partial charge in [-0.2, -0.15) is 0 Å². The summed E-state index contributed by atoms with van der Waals surface area (Å²) in [6, 6.07) is 4.34. The number of amides is 4. The van der Waals surface area contributed by atoms with Gasteiger partial charge in [0.25, 0.3) is 5.91 Å². The minimum Gasteiger partial charge on any atom is -0.375 e. The van der Waals surface area contributed by atoms with Gasteiger partial charge in [-0.1, -0.05) is 20.3 Å². The summed E-state index contributed by atoms with van der Waals surface area (Å²) in [7, 11) is 1.45. The van der Waals surface area contributed by atoms with E-state index >= 15 is 0 Å². The van der Waals surface area contributed by atoms with Gasteiger partial charge < -0.3 is 30.6 Å². The lowest BCUT2D eigenvalue weighted by Crippen LogP contribution is -2.50. The van der Waals surface area contributed by atoms with Gasteiger partial charge in [0.05, 0.1) is 11.0 Å². The van der Waals surface area contributed by atoms with E-state index in [1.54, 1.807) is 27.7 Å². The summed E-state index contributed by atoms with van der Waals surface area (Å²) in [5.41, 5.74) is 1.34. The van der Waals surface area contributed by atoms with E-state index in [1.807, 2.05) is 13.8 Å². The standard InChI is InChI=1S/C27H40N6O6/c1-4-18(2)24-26(37)29-12-7-15-33-21-16-19(9-10-20(21)30-27(33)38)25(36)28-11-6-14-32(23(35)17-39-3)13-5-8-22(34)31-24/h9-10,16,18,24H,4-8,11-15,17H2,1-3H3,(H,28,36)(H,29,37)(H,30,38)(H,31,34)/t18-,24-/m0/s1. The maximum Gasteiger partial charge on any atom is 0.326 e. The Morgan fingerprint density at radius 1 is 1.05 bits per heavy atom. The topological polar surface area (TPSA) is 155 Å². The first kappa shape index (κ1) is 29.9. The summed E-state index contributed by atoms with van der Waals surface area (Å²) in [6.07, 6.45) is 2.30. The van der Waals surface area contributed by atoms with Crippen molar-refractivity contribution in [2.45, 2.75) is 58.5 Å². The molecular weight excluding hydrogens is 504 g/mol. The van der Waals surface area contributed by atoms with E-state index in [0.29, 0.717) is 75.0 Å². The van der Waals surface area contributed by atoms with Crippen molar-refractivity contribution in [2.24, 2.45) is 5.92 Å². The van der Waals surface area contributed by atoms with Crippen molar-refractivity contribution in [1.29, 1.82) is 0 Å². The molecule has 2 heterocycles. The molecule has 2 atom stereocenters. The molecule has 0 saturated heterocycles. The van der Waals surface area contributed by atoms with Gasteiger partial charge in [0.1, 0.15) is 12.6 Å². The van der Waals surface area contributed by atoms with E-state index in [2.05, 4.69) is 20.9 Å². The number of carbonyl (C=O) groups excluding carboxylic acids is 4. The lowest BCUT2D eigenvalue weighted by molar-refractivity contribution is -0.135. The number of rotatable bonds is 4. The fraction of sp³-hybridized carbons (Fsp3) is 0.593. The minimum absolute atomic E-state index is 0.0740. The monoisotopic (exact) mass is 544 g/mol. The number of ether oxygens (including phenoxy) is 1. The van der Waals surface area contributed by atoms with Gasteiger partial charge in [-0.15, -0.1) is 0 Å². The van der Waals surface area contributed by atoms with Crippen LogP contribution in [0.15, 0.2) is 23.0 Å². The molecule has 39 heavy (non-hydrogen) atoms. The normalized spacial score (nSPS) is 19.6. The molecule has 0 unspecified atom stereocenters. The predicted octanol–water partition coefficient (Wildman–Crippen LogP) is 0.756. The second-order valence-corrected chi connectivity index (χ2v) is 9.92. The summed E-state index contributed by atoms with van der Waals surface area (Å²) < 4.78 is 6.54. The van der Waals surface area contributed by atoms with Crippen LogP contribution in [0.4, 0.5) is 0 Å². The molecule has 0 aliphatic carbocycles. The lowest BCUT2D eigenvalue weighted by Gasteiger charge is -2.25. The number of hydrogen-bond acceptors (Lipinski definition) is 6. The number of aryl methyl sites for hydroxylation is 1. The molecule has 1 aromatic heterocycles. The van der Waals surface area contributed by atoms with Gasteiger partial charge >= 0.3 is 5.69 Å². The molecule has 1 aromatic carbocycles. The number of fused-ring (bicyclic) bond motifs is 1. The number of H-pyrrole nitrogens is 1. The van der Waals surface area contributed by atoms with E-state index < -0.39 is 6.04 Å². The van der Waals surface area contributed by atoms with Crippen LogP contribution in [0, 0.1) is 5.92 Å². The number of benzene rings is 1. The fourth-order valence-corrected chi connectivity index (χ4v) is 4.60. The third-order valence-corrected chi connectivity index (χ3v) is 7.05. The van der Waals surface area contributed by atoms with Crippen LogP contribution in [-0.2, 0) is 25.7 Å². The van der Waals surface area contributed by atoms with E-state index in [0.717, 1.165) is 0 Å². The molecule has 3 rings (SSSR count). The van der Waals surface area contributed by atoms with Gasteiger partial charge in [0, 0.05) is 51.8 Å². The molecular formula is C27H40N6O6. The maximum absolute atomic E-state index is 13.0. The van der Waals surface area contributed by atoms with Crippen molar-refractivity contribution in [1.82, 2.24) is 30.4 Å². The number of hydrogen-bond donors (Lipinski definition) is 4. The molecule has 0 saturated carbocycles. The van der Waals surface area contributed by atoms with Crippen molar-refractivity contribution in [2.75, 3.05) is 39.9 Å². The molecule has 214 valence electrons. The Morgan fingerprint density at radius 2 is 1.77 bits per heavy atom. The molecule has 1 aliphatic rings. The van der Waals surface area contributed by atoms with Crippen molar-refractivity contribution in [3.8, 4) is 0 Å². The highest BCUT2D eigenvalue weighted by Gasteiger charge is 2.26. The Hall–Kier alpha value is -3.67. The highest BCUT2D eigenvalue weighted by atomic mass is 16.5. The predicted molar refractivity (Wildman–Crippen MR) is 146 cm³/mol. The number of aromatic nitrogens is 2. The summed E-state index contributed by atoms with van der Waals surface area (Å²) in [6.45, 7) is 5.54. The number of carbonyl (C=O) groups is 4. The average Bonchev–Trinajstić information content (AvgIpc) is 3.23. The largest absolute Gasteiger partial charge is 0.375 e. The zero-order valence-electron chi connectivity index (χ0n) is 23.0. The lowest BCUT2D eigenvalue weighted by atomic mass is 9.98. The van der Waals surface area contributed by atoms with Crippen LogP contribution >= 0.6 is 0 Å². The second-order valence-electron chi connectivity index (χ2n) is 9.92. The first-order chi connectivity index (χ1) is 18.7.